The second-order valence-corrected chi connectivity index (χ2v) is 10.6. The van der Waals surface area contributed by atoms with E-state index in [1.807, 2.05) is 0 Å². The molecule has 0 radical (unpaired) electrons. The minimum Gasteiger partial charge on any atom is -0.326 e. The molecular weight excluding hydrogens is 469 g/mol. The molecule has 33 heavy (non-hydrogen) atoms. The molecule has 0 bridgehead atoms. The molecule has 0 aliphatic heterocycles. The van der Waals surface area contributed by atoms with Crippen LogP contribution in [0.25, 0.3) is 0 Å². The Hall–Kier alpha value is -3.28. The van der Waals surface area contributed by atoms with Crippen molar-refractivity contribution in [3.8, 4) is 0 Å². The van der Waals surface area contributed by atoms with Crippen LogP contribution in [0.3, 0.4) is 0 Å². The molecule has 0 aromatic heterocycles. The Morgan fingerprint density at radius 1 is 0.818 bits per heavy atom. The maximum atomic E-state index is 13.3. The molecule has 3 N–H and O–H groups in total. The number of hydrogen-bond donors (Lipinski definition) is 3. The van der Waals surface area contributed by atoms with Crippen molar-refractivity contribution in [2.24, 2.45) is 0 Å². The van der Waals surface area contributed by atoms with E-state index in [1.54, 1.807) is 12.1 Å². The molecule has 0 saturated heterocycles. The minimum absolute atomic E-state index is 0.0404. The Balaban J connectivity index is 1.56. The van der Waals surface area contributed by atoms with Gasteiger partial charge in [-0.25, -0.2) is 25.9 Å². The fraction of sp³-hybridized carbons (Fsp3) is 0.136. The van der Waals surface area contributed by atoms with Gasteiger partial charge in [-0.15, -0.1) is 0 Å². The maximum Gasteiger partial charge on any atom is 0.261 e. The van der Waals surface area contributed by atoms with Crippen LogP contribution in [0.5, 0.6) is 0 Å². The Bertz CT molecular complexity index is 1340. The van der Waals surface area contributed by atoms with E-state index in [1.165, 1.54) is 61.6 Å². The topological polar surface area (TPSA) is 121 Å². The maximum absolute atomic E-state index is 13.3. The van der Waals surface area contributed by atoms with Gasteiger partial charge in [-0.2, -0.15) is 0 Å². The molecule has 0 aliphatic carbocycles. The summed E-state index contributed by atoms with van der Waals surface area (Å²) < 4.78 is 66.2. The van der Waals surface area contributed by atoms with Crippen molar-refractivity contribution in [2.75, 3.05) is 17.1 Å². The van der Waals surface area contributed by atoms with E-state index in [9.17, 15) is 26.0 Å². The van der Waals surface area contributed by atoms with E-state index >= 15 is 0 Å². The van der Waals surface area contributed by atoms with Gasteiger partial charge in [-0.3, -0.25) is 9.52 Å². The highest BCUT2D eigenvalue weighted by Crippen LogP contribution is 2.19. The van der Waals surface area contributed by atoms with Gasteiger partial charge in [-0.1, -0.05) is 18.2 Å². The lowest BCUT2D eigenvalue weighted by Gasteiger charge is -2.10. The zero-order valence-electron chi connectivity index (χ0n) is 17.6. The molecule has 0 spiro atoms. The molecule has 0 fully saturated rings. The molecule has 0 atom stereocenters. The Morgan fingerprint density at radius 2 is 1.42 bits per heavy atom. The molecule has 3 aromatic rings. The third-order valence-electron chi connectivity index (χ3n) is 4.67. The second kappa shape index (κ2) is 10.1. The van der Waals surface area contributed by atoms with Gasteiger partial charge < -0.3 is 5.32 Å². The van der Waals surface area contributed by atoms with Gasteiger partial charge in [0.2, 0.25) is 15.9 Å². The first-order valence-electron chi connectivity index (χ1n) is 9.80. The Kier molecular flexibility index (Phi) is 7.46. The first kappa shape index (κ1) is 24.4. The van der Waals surface area contributed by atoms with E-state index < -0.39 is 25.9 Å². The zero-order valence-corrected chi connectivity index (χ0v) is 19.2. The van der Waals surface area contributed by atoms with Crippen molar-refractivity contribution >= 4 is 37.3 Å². The molecule has 0 heterocycles. The van der Waals surface area contributed by atoms with E-state index in [-0.39, 0.29) is 27.8 Å². The van der Waals surface area contributed by atoms with Gasteiger partial charge in [0.25, 0.3) is 10.0 Å². The Labute approximate surface area is 192 Å². The largest absolute Gasteiger partial charge is 0.326 e. The molecule has 0 aliphatic rings. The van der Waals surface area contributed by atoms with Crippen molar-refractivity contribution in [2.45, 2.75) is 22.6 Å². The van der Waals surface area contributed by atoms with E-state index in [0.717, 1.165) is 11.6 Å². The molecule has 0 saturated carbocycles. The lowest BCUT2D eigenvalue weighted by atomic mass is 10.1. The zero-order chi connectivity index (χ0) is 24.1. The van der Waals surface area contributed by atoms with Crippen molar-refractivity contribution in [1.29, 1.82) is 0 Å². The minimum atomic E-state index is -3.91. The summed E-state index contributed by atoms with van der Waals surface area (Å²) in [7, 11) is -6.10. The van der Waals surface area contributed by atoms with Crippen molar-refractivity contribution < 1.29 is 26.0 Å². The fourth-order valence-electron chi connectivity index (χ4n) is 2.92. The normalized spacial score (nSPS) is 11.7. The van der Waals surface area contributed by atoms with Crippen LogP contribution in [0.2, 0.25) is 0 Å². The molecule has 1 amide bonds. The molecule has 174 valence electrons. The number of carbonyl (C=O) groups excluding carboxylic acids is 1. The van der Waals surface area contributed by atoms with Crippen molar-refractivity contribution in [3.63, 3.8) is 0 Å². The van der Waals surface area contributed by atoms with Gasteiger partial charge in [0.15, 0.2) is 0 Å². The fourth-order valence-corrected chi connectivity index (χ4v) is 4.70. The van der Waals surface area contributed by atoms with E-state index in [4.69, 9.17) is 0 Å². The predicted octanol–water partition coefficient (Wildman–Crippen LogP) is 3.11. The summed E-state index contributed by atoms with van der Waals surface area (Å²) in [5, 5.41) is 2.68. The van der Waals surface area contributed by atoms with Crippen LogP contribution in [-0.2, 0) is 31.3 Å². The number of sulfonamides is 2. The molecular formula is C22H22FN3O5S2. The lowest BCUT2D eigenvalue weighted by Crippen LogP contribution is -2.18. The summed E-state index contributed by atoms with van der Waals surface area (Å²) in [6.07, 6.45) is 0.551. The highest BCUT2D eigenvalue weighted by molar-refractivity contribution is 7.92. The van der Waals surface area contributed by atoms with E-state index in [0.29, 0.717) is 12.1 Å². The molecule has 0 unspecified atom stereocenters. The highest BCUT2D eigenvalue weighted by atomic mass is 32.2. The predicted molar refractivity (Wildman–Crippen MR) is 123 cm³/mol. The molecule has 8 nitrogen and oxygen atoms in total. The van der Waals surface area contributed by atoms with Gasteiger partial charge in [0.05, 0.1) is 15.5 Å². The number of hydrogen-bond acceptors (Lipinski definition) is 5. The summed E-state index contributed by atoms with van der Waals surface area (Å²) >= 11 is 0. The van der Waals surface area contributed by atoms with Crippen LogP contribution < -0.4 is 14.8 Å². The van der Waals surface area contributed by atoms with Crippen LogP contribution in [0, 0.1) is 5.82 Å². The van der Waals surface area contributed by atoms with Crippen molar-refractivity contribution in [1.82, 2.24) is 4.72 Å². The highest BCUT2D eigenvalue weighted by Gasteiger charge is 2.15. The third-order valence-corrected chi connectivity index (χ3v) is 7.50. The first-order valence-corrected chi connectivity index (χ1v) is 12.8. The number of aryl methyl sites for hydroxylation is 1. The average molecular weight is 492 g/mol. The summed E-state index contributed by atoms with van der Waals surface area (Å²) in [6.45, 7) is 0. The number of carbonyl (C=O) groups is 1. The second-order valence-electron chi connectivity index (χ2n) is 7.04. The smallest absolute Gasteiger partial charge is 0.261 e. The molecule has 11 heteroatoms. The number of rotatable bonds is 9. The van der Waals surface area contributed by atoms with E-state index in [2.05, 4.69) is 14.8 Å². The number of amides is 1. The summed E-state index contributed by atoms with van der Waals surface area (Å²) in [6, 6.07) is 16.9. The monoisotopic (exact) mass is 491 g/mol. The quantitative estimate of drug-likeness (QED) is 0.425. The Morgan fingerprint density at radius 3 is 2.03 bits per heavy atom. The summed E-state index contributed by atoms with van der Waals surface area (Å²) in [4.78, 5) is 12.3. The van der Waals surface area contributed by atoms with Crippen LogP contribution in [0.1, 0.15) is 12.0 Å². The van der Waals surface area contributed by atoms with Gasteiger partial charge in [-0.05, 0) is 73.6 Å². The SMILES string of the molecule is CNS(=O)(=O)c1ccc(CCC(=O)Nc2ccc(S(=O)(=O)Nc3cccc(F)c3)cc2)cc1. The standard InChI is InChI=1S/C22H22FN3O5S2/c1-24-32(28,29)20-10-5-16(6-11-20)7-14-22(27)25-18-8-12-21(13-9-18)33(30,31)26-19-4-2-3-17(23)15-19/h2-6,8-13,15,24,26H,7,14H2,1H3,(H,25,27). The van der Waals surface area contributed by atoms with Gasteiger partial charge >= 0.3 is 0 Å². The summed E-state index contributed by atoms with van der Waals surface area (Å²) in [5.74, 6) is -0.845. The number of anilines is 2. The van der Waals surface area contributed by atoms with Crippen molar-refractivity contribution in [3.05, 3.63) is 84.2 Å². The van der Waals surface area contributed by atoms with Crippen LogP contribution >= 0.6 is 0 Å². The van der Waals surface area contributed by atoms with Crippen LogP contribution in [0.4, 0.5) is 15.8 Å². The summed E-state index contributed by atoms with van der Waals surface area (Å²) in [5.41, 5.74) is 1.31. The van der Waals surface area contributed by atoms with Crippen LogP contribution in [-0.4, -0.2) is 29.8 Å². The molecule has 3 rings (SSSR count). The third kappa shape index (κ3) is 6.60. The first-order chi connectivity index (χ1) is 15.6. The van der Waals surface area contributed by atoms with Gasteiger partial charge in [0, 0.05) is 12.1 Å². The molecule has 3 aromatic carbocycles. The average Bonchev–Trinajstić information content (AvgIpc) is 2.78. The number of benzene rings is 3. The number of nitrogens with one attached hydrogen (secondary N) is 3. The van der Waals surface area contributed by atoms with Crippen LogP contribution in [0.15, 0.2) is 82.6 Å². The van der Waals surface area contributed by atoms with Gasteiger partial charge in [0.1, 0.15) is 5.82 Å². The lowest BCUT2D eigenvalue weighted by molar-refractivity contribution is -0.116. The number of halogens is 1.